The molecule has 1 saturated carbocycles. The molecule has 6 nitrogen and oxygen atoms in total. The zero-order valence-electron chi connectivity index (χ0n) is 15.2. The molecule has 0 aromatic carbocycles. The average Bonchev–Trinajstić information content (AvgIpc) is 3.16. The van der Waals surface area contributed by atoms with E-state index in [4.69, 9.17) is 0 Å². The van der Waals surface area contributed by atoms with Crippen LogP contribution in [0.4, 0.5) is 0 Å². The van der Waals surface area contributed by atoms with Crippen molar-refractivity contribution in [2.24, 2.45) is 0 Å². The van der Waals surface area contributed by atoms with Crippen LogP contribution in [0.2, 0.25) is 0 Å². The summed E-state index contributed by atoms with van der Waals surface area (Å²) < 4.78 is 26.8. The van der Waals surface area contributed by atoms with Crippen molar-refractivity contribution >= 4 is 27.7 Å². The number of nitrogens with one attached hydrogen (secondary N) is 1. The highest BCUT2D eigenvalue weighted by molar-refractivity contribution is 8.00. The Hall–Kier alpha value is -1.12. The quantitative estimate of drug-likeness (QED) is 0.747. The van der Waals surface area contributed by atoms with Crippen LogP contribution in [0.25, 0.3) is 0 Å². The van der Waals surface area contributed by atoms with E-state index >= 15 is 0 Å². The van der Waals surface area contributed by atoms with Crippen molar-refractivity contribution in [3.05, 3.63) is 18.3 Å². The van der Waals surface area contributed by atoms with Crippen molar-refractivity contribution in [2.75, 3.05) is 13.1 Å². The second-order valence-corrected chi connectivity index (χ2v) is 10.3. The number of aromatic nitrogens is 1. The summed E-state index contributed by atoms with van der Waals surface area (Å²) in [6.45, 7) is 3.02. The Bertz CT molecular complexity index is 710. The van der Waals surface area contributed by atoms with Gasteiger partial charge in [0, 0.05) is 25.3 Å². The van der Waals surface area contributed by atoms with Crippen LogP contribution in [-0.2, 0) is 14.8 Å². The number of pyridine rings is 1. The van der Waals surface area contributed by atoms with Crippen LogP contribution in [-0.4, -0.2) is 48.0 Å². The number of nitrogens with zero attached hydrogens (tertiary/aromatic N) is 2. The Kier molecular flexibility index (Phi) is 6.58. The van der Waals surface area contributed by atoms with Gasteiger partial charge >= 0.3 is 0 Å². The number of carbonyl (C=O) groups is 1. The summed E-state index contributed by atoms with van der Waals surface area (Å²) in [7, 11) is -3.46. The van der Waals surface area contributed by atoms with Crippen molar-refractivity contribution in [3.63, 3.8) is 0 Å². The van der Waals surface area contributed by atoms with Gasteiger partial charge < -0.3 is 5.32 Å². The fourth-order valence-corrected chi connectivity index (χ4v) is 5.73. The first-order valence-electron chi connectivity index (χ1n) is 9.40. The molecular weight excluding hydrogens is 370 g/mol. The molecule has 0 unspecified atom stereocenters. The predicted octanol–water partition coefficient (Wildman–Crippen LogP) is 2.80. The number of amides is 1. The molecule has 1 amide bonds. The third-order valence-electron chi connectivity index (χ3n) is 5.03. The number of rotatable bonds is 6. The second kappa shape index (κ2) is 8.71. The van der Waals surface area contributed by atoms with Crippen LogP contribution in [0.5, 0.6) is 0 Å². The highest BCUT2D eigenvalue weighted by atomic mass is 32.2. The van der Waals surface area contributed by atoms with Gasteiger partial charge in [0.25, 0.3) is 0 Å². The van der Waals surface area contributed by atoms with Gasteiger partial charge in [0.05, 0.1) is 10.3 Å². The first kappa shape index (κ1) is 19.6. The van der Waals surface area contributed by atoms with Crippen LogP contribution in [0, 0.1) is 0 Å². The molecule has 1 N–H and O–H groups in total. The lowest BCUT2D eigenvalue weighted by Crippen LogP contribution is -2.37. The Morgan fingerprint density at radius 1 is 1.19 bits per heavy atom. The minimum atomic E-state index is -3.46. The van der Waals surface area contributed by atoms with E-state index in [2.05, 4.69) is 10.3 Å². The molecule has 8 heteroatoms. The second-order valence-electron chi connectivity index (χ2n) is 7.05. The topological polar surface area (TPSA) is 79.4 Å². The lowest BCUT2D eigenvalue weighted by atomic mass is 10.2. The lowest BCUT2D eigenvalue weighted by molar-refractivity contribution is -0.120. The van der Waals surface area contributed by atoms with Gasteiger partial charge in [-0.2, -0.15) is 4.31 Å². The minimum Gasteiger partial charge on any atom is -0.352 e. The van der Waals surface area contributed by atoms with Crippen LogP contribution < -0.4 is 5.32 Å². The van der Waals surface area contributed by atoms with Gasteiger partial charge in [-0.1, -0.05) is 31.0 Å². The molecule has 1 aromatic heterocycles. The molecule has 0 radical (unpaired) electrons. The molecule has 1 atom stereocenters. The molecule has 2 heterocycles. The van der Waals surface area contributed by atoms with Crippen molar-refractivity contribution < 1.29 is 13.2 Å². The Morgan fingerprint density at radius 3 is 2.50 bits per heavy atom. The number of piperidine rings is 1. The van der Waals surface area contributed by atoms with Gasteiger partial charge in [-0.15, -0.1) is 0 Å². The highest BCUT2D eigenvalue weighted by Gasteiger charge is 2.26. The van der Waals surface area contributed by atoms with Gasteiger partial charge in [0.1, 0.15) is 4.90 Å². The molecule has 1 aliphatic heterocycles. The first-order valence-corrected chi connectivity index (χ1v) is 11.7. The molecule has 144 valence electrons. The van der Waals surface area contributed by atoms with Gasteiger partial charge in [0.15, 0.2) is 0 Å². The van der Waals surface area contributed by atoms with Crippen LogP contribution in [0.1, 0.15) is 51.9 Å². The van der Waals surface area contributed by atoms with E-state index in [0.29, 0.717) is 24.2 Å². The summed E-state index contributed by atoms with van der Waals surface area (Å²) in [6.07, 6.45) is 8.80. The number of hydrogen-bond donors (Lipinski definition) is 1. The third kappa shape index (κ3) is 4.78. The van der Waals surface area contributed by atoms with Crippen molar-refractivity contribution in [3.8, 4) is 0 Å². The number of hydrogen-bond acceptors (Lipinski definition) is 5. The summed E-state index contributed by atoms with van der Waals surface area (Å²) >= 11 is 1.36. The number of thioether (sulfide) groups is 1. The monoisotopic (exact) mass is 397 g/mol. The standard InChI is InChI=1S/C18H27N3O3S2/c1-14(18(22)20-15-7-3-4-8-15)25-17-10-9-16(13-19-17)26(23,24)21-11-5-2-6-12-21/h9-10,13-15H,2-8,11-12H2,1H3,(H,20,22)/t14-/m0/s1. The number of sulfonamides is 1. The van der Waals surface area contributed by atoms with E-state index in [1.807, 2.05) is 6.92 Å². The van der Waals surface area contributed by atoms with E-state index in [1.165, 1.54) is 35.1 Å². The summed E-state index contributed by atoms with van der Waals surface area (Å²) in [5.41, 5.74) is 0. The van der Waals surface area contributed by atoms with Crippen LogP contribution >= 0.6 is 11.8 Å². The molecule has 3 rings (SSSR count). The van der Waals surface area contributed by atoms with E-state index in [1.54, 1.807) is 12.1 Å². The lowest BCUT2D eigenvalue weighted by Gasteiger charge is -2.25. The molecule has 26 heavy (non-hydrogen) atoms. The zero-order valence-corrected chi connectivity index (χ0v) is 16.8. The third-order valence-corrected chi connectivity index (χ3v) is 7.96. The van der Waals surface area contributed by atoms with E-state index in [9.17, 15) is 13.2 Å². The summed E-state index contributed by atoms with van der Waals surface area (Å²) in [5, 5.41) is 3.49. The Labute approximate surface area is 160 Å². The first-order chi connectivity index (χ1) is 12.5. The average molecular weight is 398 g/mol. The fourth-order valence-electron chi connectivity index (χ4n) is 3.47. The maximum atomic E-state index is 12.6. The molecular formula is C18H27N3O3S2. The van der Waals surface area contributed by atoms with Gasteiger partial charge in [-0.25, -0.2) is 13.4 Å². The van der Waals surface area contributed by atoms with Gasteiger partial charge in [-0.05, 0) is 44.7 Å². The molecule has 0 spiro atoms. The maximum Gasteiger partial charge on any atom is 0.244 e. The zero-order chi connectivity index (χ0) is 18.6. The van der Waals surface area contributed by atoms with Gasteiger partial charge in [-0.3, -0.25) is 4.79 Å². The Morgan fingerprint density at radius 2 is 1.88 bits per heavy atom. The van der Waals surface area contributed by atoms with E-state index < -0.39 is 10.0 Å². The summed E-state index contributed by atoms with van der Waals surface area (Å²) in [6, 6.07) is 3.59. The van der Waals surface area contributed by atoms with Crippen molar-refractivity contribution in [2.45, 2.75) is 73.1 Å². The SMILES string of the molecule is C[C@H](Sc1ccc(S(=O)(=O)N2CCCCC2)cn1)C(=O)NC1CCCC1. The predicted molar refractivity (Wildman–Crippen MR) is 103 cm³/mol. The smallest absolute Gasteiger partial charge is 0.244 e. The molecule has 2 fully saturated rings. The van der Waals surface area contributed by atoms with Crippen molar-refractivity contribution in [1.29, 1.82) is 0 Å². The summed E-state index contributed by atoms with van der Waals surface area (Å²) in [4.78, 5) is 16.8. The van der Waals surface area contributed by atoms with E-state index in [-0.39, 0.29) is 16.1 Å². The summed E-state index contributed by atoms with van der Waals surface area (Å²) in [5.74, 6) is 0.0220. The molecule has 2 aliphatic rings. The molecule has 1 saturated heterocycles. The fraction of sp³-hybridized carbons (Fsp3) is 0.667. The van der Waals surface area contributed by atoms with Crippen LogP contribution in [0.15, 0.2) is 28.3 Å². The molecule has 0 bridgehead atoms. The largest absolute Gasteiger partial charge is 0.352 e. The Balaban J connectivity index is 1.59. The normalized spacial score (nSPS) is 20.8. The maximum absolute atomic E-state index is 12.6. The number of carbonyl (C=O) groups excluding carboxylic acids is 1. The minimum absolute atomic E-state index is 0.0220. The molecule has 1 aromatic rings. The van der Waals surface area contributed by atoms with Gasteiger partial charge in [0.2, 0.25) is 15.9 Å². The molecule has 1 aliphatic carbocycles. The van der Waals surface area contributed by atoms with E-state index in [0.717, 1.165) is 32.1 Å². The van der Waals surface area contributed by atoms with Crippen molar-refractivity contribution in [1.82, 2.24) is 14.6 Å². The highest BCUT2D eigenvalue weighted by Crippen LogP contribution is 2.25. The van der Waals surface area contributed by atoms with Crippen LogP contribution in [0.3, 0.4) is 0 Å².